The van der Waals surface area contributed by atoms with Crippen LogP contribution in [-0.2, 0) is 6.42 Å². The summed E-state index contributed by atoms with van der Waals surface area (Å²) in [6.07, 6.45) is -0.931. The van der Waals surface area contributed by atoms with Crippen LogP contribution < -0.4 is 0 Å². The van der Waals surface area contributed by atoms with Gasteiger partial charge in [0.15, 0.2) is 0 Å². The Morgan fingerprint density at radius 1 is 1.39 bits per heavy atom. The summed E-state index contributed by atoms with van der Waals surface area (Å²) in [5, 5.41) is 19.2. The summed E-state index contributed by atoms with van der Waals surface area (Å²) in [4.78, 5) is 12.6. The first kappa shape index (κ1) is 12.9. The van der Waals surface area contributed by atoms with E-state index in [4.69, 9.17) is 0 Å². The Balaban J connectivity index is 2.24. The van der Waals surface area contributed by atoms with Gasteiger partial charge in [-0.15, -0.1) is 0 Å². The maximum absolute atomic E-state index is 11.3. The molecule has 1 fully saturated rings. The summed E-state index contributed by atoms with van der Waals surface area (Å²) in [5.41, 5.74) is 0.671. The molecule has 0 bridgehead atoms. The van der Waals surface area contributed by atoms with Crippen molar-refractivity contribution in [1.29, 1.82) is 0 Å². The molecule has 1 aliphatic rings. The molecule has 18 heavy (non-hydrogen) atoms. The molecule has 1 unspecified atom stereocenters. The third-order valence-corrected chi connectivity index (χ3v) is 3.98. The van der Waals surface area contributed by atoms with Crippen molar-refractivity contribution in [3.05, 3.63) is 35.9 Å². The van der Waals surface area contributed by atoms with Gasteiger partial charge in [0.2, 0.25) is 0 Å². The van der Waals surface area contributed by atoms with Gasteiger partial charge >= 0.3 is 6.09 Å². The zero-order valence-electron chi connectivity index (χ0n) is 10.7. The number of benzene rings is 1. The van der Waals surface area contributed by atoms with Crippen LogP contribution in [0.1, 0.15) is 19.4 Å². The first-order valence-corrected chi connectivity index (χ1v) is 6.14. The van der Waals surface area contributed by atoms with Crippen molar-refractivity contribution in [3.63, 3.8) is 0 Å². The summed E-state index contributed by atoms with van der Waals surface area (Å²) in [6.45, 7) is 4.04. The number of aliphatic hydroxyl groups excluding tert-OH is 1. The van der Waals surface area contributed by atoms with Crippen molar-refractivity contribution < 1.29 is 15.0 Å². The second-order valence-electron chi connectivity index (χ2n) is 5.48. The van der Waals surface area contributed by atoms with E-state index in [0.29, 0.717) is 6.42 Å². The fourth-order valence-electron chi connectivity index (χ4n) is 2.59. The number of β-amino-alcohol motifs (C(OH)–C–C–N with tert-alkyl or cyclic N) is 1. The van der Waals surface area contributed by atoms with E-state index in [1.54, 1.807) is 0 Å². The second-order valence-corrected chi connectivity index (χ2v) is 5.48. The topological polar surface area (TPSA) is 60.8 Å². The molecule has 2 atom stereocenters. The van der Waals surface area contributed by atoms with Crippen LogP contribution >= 0.6 is 0 Å². The van der Waals surface area contributed by atoms with Gasteiger partial charge in [-0.3, -0.25) is 0 Å². The van der Waals surface area contributed by atoms with Gasteiger partial charge in [-0.2, -0.15) is 0 Å². The molecule has 98 valence electrons. The second kappa shape index (κ2) is 4.61. The van der Waals surface area contributed by atoms with Gasteiger partial charge in [-0.1, -0.05) is 44.2 Å². The zero-order chi connectivity index (χ0) is 13.3. The molecule has 0 aromatic heterocycles. The molecule has 1 heterocycles. The van der Waals surface area contributed by atoms with E-state index in [9.17, 15) is 15.0 Å². The third kappa shape index (κ3) is 2.20. The average molecular weight is 249 g/mol. The van der Waals surface area contributed by atoms with Crippen LogP contribution in [0.2, 0.25) is 0 Å². The summed E-state index contributed by atoms with van der Waals surface area (Å²) in [6, 6.07) is 9.61. The largest absolute Gasteiger partial charge is 0.465 e. The normalized spacial score (nSPS) is 26.3. The first-order chi connectivity index (χ1) is 8.43. The highest BCUT2D eigenvalue weighted by atomic mass is 16.4. The SMILES string of the molecule is CC1(C)C(Cc2ccccc2)N(C(=O)O)C[C@@H]1O. The lowest BCUT2D eigenvalue weighted by Gasteiger charge is -2.32. The number of nitrogens with zero attached hydrogens (tertiary/aromatic N) is 1. The lowest BCUT2D eigenvalue weighted by molar-refractivity contribution is 0.0768. The summed E-state index contributed by atoms with van der Waals surface area (Å²) >= 11 is 0. The predicted octanol–water partition coefficient (Wildman–Crippen LogP) is 1.98. The number of likely N-dealkylation sites (tertiary alicyclic amines) is 1. The zero-order valence-corrected chi connectivity index (χ0v) is 10.7. The fraction of sp³-hybridized carbons (Fsp3) is 0.500. The Bertz CT molecular complexity index is 430. The molecular weight excluding hydrogens is 230 g/mol. The number of hydrogen-bond acceptors (Lipinski definition) is 2. The summed E-state index contributed by atoms with van der Waals surface area (Å²) in [5.74, 6) is 0. The smallest absolute Gasteiger partial charge is 0.407 e. The van der Waals surface area contributed by atoms with Gasteiger partial charge in [0.25, 0.3) is 0 Å². The number of amides is 1. The molecule has 0 aliphatic carbocycles. The van der Waals surface area contributed by atoms with E-state index in [1.807, 2.05) is 44.2 Å². The molecule has 4 heteroatoms. The third-order valence-electron chi connectivity index (χ3n) is 3.98. The van der Waals surface area contributed by atoms with Crippen LogP contribution in [0.15, 0.2) is 30.3 Å². The molecule has 2 rings (SSSR count). The van der Waals surface area contributed by atoms with E-state index in [-0.39, 0.29) is 12.6 Å². The van der Waals surface area contributed by atoms with Gasteiger partial charge < -0.3 is 15.1 Å². The van der Waals surface area contributed by atoms with Crippen molar-refractivity contribution in [2.45, 2.75) is 32.4 Å². The molecule has 1 saturated heterocycles. The van der Waals surface area contributed by atoms with Gasteiger partial charge in [0.05, 0.1) is 12.6 Å². The van der Waals surface area contributed by atoms with Crippen LogP contribution in [0.5, 0.6) is 0 Å². The Labute approximate surface area is 107 Å². The molecule has 1 aliphatic heterocycles. The predicted molar refractivity (Wildman–Crippen MR) is 68.5 cm³/mol. The van der Waals surface area contributed by atoms with Crippen LogP contribution in [0, 0.1) is 5.41 Å². The number of aliphatic hydroxyl groups is 1. The highest BCUT2D eigenvalue weighted by molar-refractivity contribution is 5.66. The molecule has 0 radical (unpaired) electrons. The van der Waals surface area contributed by atoms with Crippen molar-refractivity contribution in [2.75, 3.05) is 6.54 Å². The minimum absolute atomic E-state index is 0.188. The van der Waals surface area contributed by atoms with E-state index < -0.39 is 17.6 Å². The van der Waals surface area contributed by atoms with Gasteiger partial charge in [-0.25, -0.2) is 4.79 Å². The summed E-state index contributed by atoms with van der Waals surface area (Å²) < 4.78 is 0. The molecule has 0 spiro atoms. The minimum Gasteiger partial charge on any atom is -0.465 e. The van der Waals surface area contributed by atoms with Gasteiger partial charge in [0.1, 0.15) is 0 Å². The molecular formula is C14H19NO3. The van der Waals surface area contributed by atoms with Crippen LogP contribution in [0.4, 0.5) is 4.79 Å². The summed E-state index contributed by atoms with van der Waals surface area (Å²) in [7, 11) is 0. The lowest BCUT2D eigenvalue weighted by atomic mass is 9.80. The quantitative estimate of drug-likeness (QED) is 0.842. The molecule has 4 nitrogen and oxygen atoms in total. The van der Waals surface area contributed by atoms with E-state index in [2.05, 4.69) is 0 Å². The Morgan fingerprint density at radius 2 is 2.00 bits per heavy atom. The van der Waals surface area contributed by atoms with Crippen LogP contribution in [0.25, 0.3) is 0 Å². The monoisotopic (exact) mass is 249 g/mol. The van der Waals surface area contributed by atoms with Crippen molar-refractivity contribution in [3.8, 4) is 0 Å². The maximum Gasteiger partial charge on any atom is 0.407 e. The van der Waals surface area contributed by atoms with E-state index >= 15 is 0 Å². The molecule has 1 aromatic rings. The molecule has 2 N–H and O–H groups in total. The Morgan fingerprint density at radius 3 is 2.56 bits per heavy atom. The highest BCUT2D eigenvalue weighted by Gasteiger charge is 2.49. The van der Waals surface area contributed by atoms with Crippen molar-refractivity contribution in [2.24, 2.45) is 5.41 Å². The molecule has 1 amide bonds. The average Bonchev–Trinajstić information content (AvgIpc) is 2.54. The van der Waals surface area contributed by atoms with Crippen molar-refractivity contribution >= 4 is 6.09 Å². The Kier molecular flexibility index (Phi) is 3.30. The van der Waals surface area contributed by atoms with E-state index in [1.165, 1.54) is 4.90 Å². The minimum atomic E-state index is -0.958. The Hall–Kier alpha value is -1.55. The number of carbonyl (C=O) groups is 1. The molecule has 0 saturated carbocycles. The van der Waals surface area contributed by atoms with Crippen LogP contribution in [-0.4, -0.2) is 39.9 Å². The van der Waals surface area contributed by atoms with Crippen molar-refractivity contribution in [1.82, 2.24) is 4.90 Å². The number of rotatable bonds is 2. The highest BCUT2D eigenvalue weighted by Crippen LogP contribution is 2.38. The fourth-order valence-corrected chi connectivity index (χ4v) is 2.59. The number of hydrogen-bond donors (Lipinski definition) is 2. The molecule has 1 aromatic carbocycles. The van der Waals surface area contributed by atoms with E-state index in [0.717, 1.165) is 5.56 Å². The first-order valence-electron chi connectivity index (χ1n) is 6.14. The van der Waals surface area contributed by atoms with Gasteiger partial charge in [-0.05, 0) is 12.0 Å². The number of carboxylic acid groups (broad SMARTS) is 1. The lowest BCUT2D eigenvalue weighted by Crippen LogP contribution is -2.42. The van der Waals surface area contributed by atoms with Gasteiger partial charge in [0, 0.05) is 11.5 Å². The standard InChI is InChI=1S/C14H19NO3/c1-14(2)11(8-10-6-4-3-5-7-10)15(13(17)18)9-12(14)16/h3-7,11-12,16H,8-9H2,1-2H3,(H,17,18)/t11?,12-/m0/s1. The maximum atomic E-state index is 11.3. The van der Waals surface area contributed by atoms with Crippen LogP contribution in [0.3, 0.4) is 0 Å².